The molecule has 1 atom stereocenters. The van der Waals surface area contributed by atoms with Gasteiger partial charge >= 0.3 is 0 Å². The van der Waals surface area contributed by atoms with Crippen LogP contribution in [-0.2, 0) is 14.6 Å². The Bertz CT molecular complexity index is 689. The third kappa shape index (κ3) is 12.3. The minimum Gasteiger partial charge on any atom is -0.485 e. The molecule has 2 N–H and O–H groups in total. The molecule has 0 radical (unpaired) electrons. The molecule has 1 aromatic rings. The van der Waals surface area contributed by atoms with Gasteiger partial charge in [0.2, 0.25) is 0 Å². The van der Waals surface area contributed by atoms with Crippen LogP contribution in [0.15, 0.2) is 29.3 Å². The quantitative estimate of drug-likeness (QED) is 0.186. The summed E-state index contributed by atoms with van der Waals surface area (Å²) < 4.78 is 46.7. The molecule has 7 nitrogen and oxygen atoms in total. The number of para-hydroxylation sites is 1. The van der Waals surface area contributed by atoms with E-state index in [0.717, 1.165) is 0 Å². The fourth-order valence-electron chi connectivity index (χ4n) is 2.06. The molecule has 0 saturated carbocycles. The molecule has 0 fully saturated rings. The summed E-state index contributed by atoms with van der Waals surface area (Å²) in [4.78, 5) is 4.46. The molecule has 0 aliphatic heterocycles. The normalized spacial score (nSPS) is 12.8. The van der Waals surface area contributed by atoms with E-state index in [0.29, 0.717) is 38.6 Å². The van der Waals surface area contributed by atoms with Gasteiger partial charge in [0.05, 0.1) is 25.5 Å². The van der Waals surface area contributed by atoms with Crippen molar-refractivity contribution in [3.05, 3.63) is 30.1 Å². The molecule has 0 aliphatic carbocycles. The number of rotatable bonds is 12. The topological polar surface area (TPSA) is 89.0 Å². The van der Waals surface area contributed by atoms with Crippen molar-refractivity contribution in [1.29, 1.82) is 0 Å². The van der Waals surface area contributed by atoms with Gasteiger partial charge in [0.15, 0.2) is 17.5 Å². The van der Waals surface area contributed by atoms with Gasteiger partial charge in [-0.1, -0.05) is 19.1 Å². The molecule has 162 valence electrons. The molecular formula is C18H31FIN3O4S. The van der Waals surface area contributed by atoms with Gasteiger partial charge in [-0.05, 0) is 25.5 Å². The van der Waals surface area contributed by atoms with Gasteiger partial charge < -0.3 is 20.1 Å². The third-order valence-electron chi connectivity index (χ3n) is 3.52. The highest BCUT2D eigenvalue weighted by molar-refractivity contribution is 14.0. The van der Waals surface area contributed by atoms with Gasteiger partial charge in [-0.15, -0.1) is 24.0 Å². The van der Waals surface area contributed by atoms with E-state index in [4.69, 9.17) is 9.47 Å². The second-order valence-corrected chi connectivity index (χ2v) is 8.23. The van der Waals surface area contributed by atoms with Crippen molar-refractivity contribution in [2.75, 3.05) is 44.9 Å². The van der Waals surface area contributed by atoms with Crippen molar-refractivity contribution in [3.63, 3.8) is 0 Å². The van der Waals surface area contributed by atoms with Crippen LogP contribution < -0.4 is 15.4 Å². The fourth-order valence-corrected chi connectivity index (χ4v) is 2.48. The molecular weight excluding hydrogens is 500 g/mol. The van der Waals surface area contributed by atoms with Crippen LogP contribution in [0.2, 0.25) is 0 Å². The van der Waals surface area contributed by atoms with Crippen molar-refractivity contribution >= 4 is 39.8 Å². The summed E-state index contributed by atoms with van der Waals surface area (Å²) in [6.45, 7) is 5.98. The SMILES string of the molecule is CCNC(=NCC(CC)Oc1ccccc1F)NCCOCCS(C)(=O)=O.I. The Balaban J connectivity index is 0.00000729. The van der Waals surface area contributed by atoms with E-state index in [1.807, 2.05) is 13.8 Å². The zero-order valence-electron chi connectivity index (χ0n) is 16.6. The van der Waals surface area contributed by atoms with E-state index in [9.17, 15) is 12.8 Å². The summed E-state index contributed by atoms with van der Waals surface area (Å²) in [6, 6.07) is 6.30. The van der Waals surface area contributed by atoms with E-state index in [2.05, 4.69) is 15.6 Å². The first-order valence-electron chi connectivity index (χ1n) is 9.04. The Morgan fingerprint density at radius 2 is 1.93 bits per heavy atom. The number of aliphatic imine (C=N–C) groups is 1. The average Bonchev–Trinajstić information content (AvgIpc) is 2.61. The van der Waals surface area contributed by atoms with Crippen LogP contribution >= 0.6 is 24.0 Å². The largest absolute Gasteiger partial charge is 0.485 e. The highest BCUT2D eigenvalue weighted by Crippen LogP contribution is 2.18. The third-order valence-corrected chi connectivity index (χ3v) is 4.43. The first-order valence-corrected chi connectivity index (χ1v) is 11.1. The maximum Gasteiger partial charge on any atom is 0.191 e. The van der Waals surface area contributed by atoms with Crippen molar-refractivity contribution < 1.29 is 22.3 Å². The lowest BCUT2D eigenvalue weighted by molar-refractivity contribution is 0.154. The number of halogens is 2. The summed E-state index contributed by atoms with van der Waals surface area (Å²) in [7, 11) is -3.01. The van der Waals surface area contributed by atoms with Crippen molar-refractivity contribution in [2.45, 2.75) is 26.4 Å². The first kappa shape index (κ1) is 26.9. The van der Waals surface area contributed by atoms with Crippen LogP contribution in [0.4, 0.5) is 4.39 Å². The predicted molar refractivity (Wildman–Crippen MR) is 121 cm³/mol. The Labute approximate surface area is 184 Å². The Hall–Kier alpha value is -1.14. The van der Waals surface area contributed by atoms with Crippen LogP contribution in [-0.4, -0.2) is 65.3 Å². The summed E-state index contributed by atoms with van der Waals surface area (Å²) in [5.74, 6) is 0.431. The zero-order chi connectivity index (χ0) is 20.1. The molecule has 1 unspecified atom stereocenters. The van der Waals surface area contributed by atoms with Crippen molar-refractivity contribution in [3.8, 4) is 5.75 Å². The number of hydrogen-bond donors (Lipinski definition) is 2. The molecule has 0 saturated heterocycles. The molecule has 0 heterocycles. The summed E-state index contributed by atoms with van der Waals surface area (Å²) >= 11 is 0. The zero-order valence-corrected chi connectivity index (χ0v) is 19.8. The molecule has 0 amide bonds. The Morgan fingerprint density at radius 3 is 2.54 bits per heavy atom. The lowest BCUT2D eigenvalue weighted by Gasteiger charge is -2.17. The lowest BCUT2D eigenvalue weighted by Crippen LogP contribution is -2.40. The summed E-state index contributed by atoms with van der Waals surface area (Å²) in [5, 5.41) is 6.22. The van der Waals surface area contributed by atoms with Gasteiger partial charge in [-0.25, -0.2) is 17.8 Å². The van der Waals surface area contributed by atoms with Gasteiger partial charge in [0.25, 0.3) is 0 Å². The number of nitrogens with zero attached hydrogens (tertiary/aromatic N) is 1. The number of hydrogen-bond acceptors (Lipinski definition) is 5. The first-order chi connectivity index (χ1) is 12.9. The van der Waals surface area contributed by atoms with Crippen LogP contribution in [0.3, 0.4) is 0 Å². The standard InChI is InChI=1S/C18H30FN3O4S.HI/c1-4-15(26-17-9-7-6-8-16(17)19)14-22-18(20-5-2)21-10-11-25-12-13-27(3,23)24;/h6-9,15H,4-5,10-14H2,1-3H3,(H2,20,21,22);1H. The summed E-state index contributed by atoms with van der Waals surface area (Å²) in [6.07, 6.45) is 1.62. The molecule has 0 aromatic heterocycles. The van der Waals surface area contributed by atoms with Gasteiger partial charge in [-0.2, -0.15) is 0 Å². The van der Waals surface area contributed by atoms with Gasteiger partial charge in [-0.3, -0.25) is 0 Å². The lowest BCUT2D eigenvalue weighted by atomic mass is 10.2. The molecule has 1 aromatic carbocycles. The van der Waals surface area contributed by atoms with E-state index in [1.165, 1.54) is 12.3 Å². The van der Waals surface area contributed by atoms with E-state index in [1.54, 1.807) is 18.2 Å². The average molecular weight is 531 g/mol. The predicted octanol–water partition coefficient (Wildman–Crippen LogP) is 2.22. The Morgan fingerprint density at radius 1 is 1.21 bits per heavy atom. The molecule has 0 spiro atoms. The van der Waals surface area contributed by atoms with Crippen LogP contribution in [0.1, 0.15) is 20.3 Å². The highest BCUT2D eigenvalue weighted by atomic mass is 127. The monoisotopic (exact) mass is 531 g/mol. The number of ether oxygens (including phenoxy) is 2. The minimum absolute atomic E-state index is 0. The maximum absolute atomic E-state index is 13.7. The highest BCUT2D eigenvalue weighted by Gasteiger charge is 2.11. The fraction of sp³-hybridized carbons (Fsp3) is 0.611. The van der Waals surface area contributed by atoms with E-state index in [-0.39, 0.29) is 48.2 Å². The molecule has 0 aliphatic rings. The smallest absolute Gasteiger partial charge is 0.191 e. The number of sulfone groups is 1. The van der Waals surface area contributed by atoms with Gasteiger partial charge in [0, 0.05) is 19.3 Å². The summed E-state index contributed by atoms with van der Waals surface area (Å²) in [5.41, 5.74) is 0. The minimum atomic E-state index is -3.01. The second-order valence-electron chi connectivity index (χ2n) is 5.97. The van der Waals surface area contributed by atoms with Crippen LogP contribution in [0.25, 0.3) is 0 Å². The van der Waals surface area contributed by atoms with Crippen molar-refractivity contribution in [1.82, 2.24) is 10.6 Å². The van der Waals surface area contributed by atoms with Crippen molar-refractivity contribution in [2.24, 2.45) is 4.99 Å². The number of guanidine groups is 1. The molecule has 1 rings (SSSR count). The van der Waals surface area contributed by atoms with E-state index >= 15 is 0 Å². The maximum atomic E-state index is 13.7. The number of nitrogens with one attached hydrogen (secondary N) is 2. The van der Waals surface area contributed by atoms with Crippen LogP contribution in [0, 0.1) is 5.82 Å². The van der Waals surface area contributed by atoms with E-state index < -0.39 is 15.7 Å². The number of benzene rings is 1. The molecule has 10 heteroatoms. The Kier molecular flexibility index (Phi) is 14.2. The molecule has 28 heavy (non-hydrogen) atoms. The van der Waals surface area contributed by atoms with Crippen LogP contribution in [0.5, 0.6) is 5.75 Å². The van der Waals surface area contributed by atoms with Gasteiger partial charge in [0.1, 0.15) is 15.9 Å². The molecule has 0 bridgehead atoms. The second kappa shape index (κ2) is 14.8.